The minimum absolute atomic E-state index is 0.0352. The molecule has 18 heavy (non-hydrogen) atoms. The first-order chi connectivity index (χ1) is 8.54. The summed E-state index contributed by atoms with van der Waals surface area (Å²) in [5, 5.41) is 1.39. The van der Waals surface area contributed by atoms with Crippen molar-refractivity contribution < 1.29 is 9.53 Å². The molecular formula is C11H14N4O2S. The van der Waals surface area contributed by atoms with Crippen LogP contribution in [-0.2, 0) is 0 Å². The standard InChI is InChI=1S/C11H14N4O2S/c12-8-3-1-2-4-9(8)17-5-7(6-18)10(13)15-11(14)16/h1-4,6,18H,5,12H2,(H4,13,14,15,16)/b7-6-. The van der Waals surface area contributed by atoms with E-state index in [1.54, 1.807) is 24.3 Å². The van der Waals surface area contributed by atoms with E-state index in [9.17, 15) is 4.79 Å². The van der Waals surface area contributed by atoms with Gasteiger partial charge in [-0.2, -0.15) is 17.6 Å². The Morgan fingerprint density at radius 1 is 1.39 bits per heavy atom. The van der Waals surface area contributed by atoms with Gasteiger partial charge in [0.1, 0.15) is 18.2 Å². The fourth-order valence-corrected chi connectivity index (χ4v) is 1.34. The third-order valence-corrected chi connectivity index (χ3v) is 2.33. The smallest absolute Gasteiger partial charge is 0.340 e. The van der Waals surface area contributed by atoms with E-state index in [0.717, 1.165) is 0 Å². The SMILES string of the molecule is NC(=O)N=C(N)/C(=C\S)COc1ccccc1N. The Labute approximate surface area is 110 Å². The summed E-state index contributed by atoms with van der Waals surface area (Å²) < 4.78 is 5.44. The average molecular weight is 266 g/mol. The van der Waals surface area contributed by atoms with Gasteiger partial charge in [0.15, 0.2) is 0 Å². The molecule has 7 heteroatoms. The van der Waals surface area contributed by atoms with Gasteiger partial charge in [0, 0.05) is 5.57 Å². The predicted octanol–water partition coefficient (Wildman–Crippen LogP) is 0.897. The third kappa shape index (κ3) is 4.02. The van der Waals surface area contributed by atoms with Gasteiger partial charge in [-0.15, -0.1) is 0 Å². The van der Waals surface area contributed by atoms with Gasteiger partial charge in [0.2, 0.25) is 0 Å². The lowest BCUT2D eigenvalue weighted by atomic mass is 10.3. The fourth-order valence-electron chi connectivity index (χ4n) is 1.14. The number of nitrogen functional groups attached to an aromatic ring is 1. The molecule has 0 fully saturated rings. The molecule has 0 aliphatic heterocycles. The molecule has 0 heterocycles. The Morgan fingerprint density at radius 3 is 2.61 bits per heavy atom. The highest BCUT2D eigenvalue weighted by molar-refractivity contribution is 7.83. The topological polar surface area (TPSA) is 117 Å². The van der Waals surface area contributed by atoms with Gasteiger partial charge in [-0.3, -0.25) is 0 Å². The number of amidine groups is 1. The van der Waals surface area contributed by atoms with E-state index in [4.69, 9.17) is 21.9 Å². The minimum atomic E-state index is -0.876. The Morgan fingerprint density at radius 2 is 2.06 bits per heavy atom. The van der Waals surface area contributed by atoms with E-state index in [2.05, 4.69) is 17.6 Å². The zero-order valence-electron chi connectivity index (χ0n) is 9.54. The van der Waals surface area contributed by atoms with Crippen LogP contribution >= 0.6 is 12.6 Å². The van der Waals surface area contributed by atoms with Crippen molar-refractivity contribution in [1.82, 2.24) is 0 Å². The second-order valence-corrected chi connectivity index (χ2v) is 3.57. The first kappa shape index (κ1) is 13.9. The van der Waals surface area contributed by atoms with Crippen LogP contribution in [0.1, 0.15) is 0 Å². The van der Waals surface area contributed by atoms with E-state index in [1.165, 1.54) is 5.41 Å². The zero-order chi connectivity index (χ0) is 13.5. The molecule has 0 aliphatic rings. The highest BCUT2D eigenvalue weighted by Gasteiger charge is 2.06. The summed E-state index contributed by atoms with van der Waals surface area (Å²) >= 11 is 3.96. The lowest BCUT2D eigenvalue weighted by Gasteiger charge is -2.10. The summed E-state index contributed by atoms with van der Waals surface area (Å²) in [6.45, 7) is 0.0837. The summed E-state index contributed by atoms with van der Waals surface area (Å²) in [6.07, 6.45) is 0. The number of nitrogens with zero attached hydrogens (tertiary/aromatic N) is 1. The Bertz CT molecular complexity index is 500. The number of urea groups is 1. The lowest BCUT2D eigenvalue weighted by Crippen LogP contribution is -2.23. The van der Waals surface area contributed by atoms with Crippen molar-refractivity contribution in [3.8, 4) is 5.75 Å². The van der Waals surface area contributed by atoms with Crippen LogP contribution in [-0.4, -0.2) is 18.5 Å². The third-order valence-electron chi connectivity index (χ3n) is 2.02. The molecule has 0 radical (unpaired) electrons. The van der Waals surface area contributed by atoms with Crippen molar-refractivity contribution in [2.75, 3.05) is 12.3 Å². The van der Waals surface area contributed by atoms with Crippen LogP contribution in [0.5, 0.6) is 5.75 Å². The number of hydrogen-bond acceptors (Lipinski definition) is 4. The minimum Gasteiger partial charge on any atom is -0.487 e. The summed E-state index contributed by atoms with van der Waals surface area (Å²) in [7, 11) is 0. The van der Waals surface area contributed by atoms with Crippen LogP contribution in [0, 0.1) is 0 Å². The summed E-state index contributed by atoms with van der Waals surface area (Å²) in [5.74, 6) is 0.476. The van der Waals surface area contributed by atoms with Crippen molar-refractivity contribution in [1.29, 1.82) is 0 Å². The Hall–Kier alpha value is -2.15. The van der Waals surface area contributed by atoms with Crippen LogP contribution < -0.4 is 21.9 Å². The number of carbonyl (C=O) groups is 1. The molecule has 1 aromatic rings. The number of hydrogen-bond donors (Lipinski definition) is 4. The van der Waals surface area contributed by atoms with Gasteiger partial charge in [-0.25, -0.2) is 4.79 Å². The molecule has 0 aliphatic carbocycles. The van der Waals surface area contributed by atoms with Crippen molar-refractivity contribution in [3.05, 3.63) is 35.2 Å². The maximum atomic E-state index is 10.6. The van der Waals surface area contributed by atoms with E-state index < -0.39 is 6.03 Å². The van der Waals surface area contributed by atoms with Crippen LogP contribution in [0.25, 0.3) is 0 Å². The Kier molecular flexibility index (Phi) is 5.06. The highest BCUT2D eigenvalue weighted by Crippen LogP contribution is 2.20. The molecule has 0 atom stereocenters. The number of carbonyl (C=O) groups excluding carboxylic acids is 1. The lowest BCUT2D eigenvalue weighted by molar-refractivity contribution is 0.256. The van der Waals surface area contributed by atoms with Crippen LogP contribution in [0.2, 0.25) is 0 Å². The van der Waals surface area contributed by atoms with Gasteiger partial charge in [0.05, 0.1) is 5.69 Å². The van der Waals surface area contributed by atoms with Gasteiger partial charge in [-0.1, -0.05) is 12.1 Å². The van der Waals surface area contributed by atoms with Gasteiger partial charge in [0.25, 0.3) is 0 Å². The fraction of sp³-hybridized carbons (Fsp3) is 0.0909. The maximum Gasteiger partial charge on any atom is 0.340 e. The summed E-state index contributed by atoms with van der Waals surface area (Å²) in [5.41, 5.74) is 17.1. The largest absolute Gasteiger partial charge is 0.487 e. The van der Waals surface area contributed by atoms with E-state index in [0.29, 0.717) is 17.0 Å². The highest BCUT2D eigenvalue weighted by atomic mass is 32.1. The molecule has 6 nitrogen and oxygen atoms in total. The first-order valence-corrected chi connectivity index (χ1v) is 5.50. The van der Waals surface area contributed by atoms with Crippen LogP contribution in [0.3, 0.4) is 0 Å². The number of nitrogens with two attached hydrogens (primary N) is 3. The first-order valence-electron chi connectivity index (χ1n) is 4.99. The number of para-hydroxylation sites is 2. The number of anilines is 1. The molecule has 1 aromatic carbocycles. The van der Waals surface area contributed by atoms with Gasteiger partial charge >= 0.3 is 6.03 Å². The van der Waals surface area contributed by atoms with E-state index in [-0.39, 0.29) is 12.4 Å². The van der Waals surface area contributed by atoms with Crippen molar-refractivity contribution in [2.24, 2.45) is 16.5 Å². The number of primary amides is 1. The van der Waals surface area contributed by atoms with Crippen molar-refractivity contribution in [2.45, 2.75) is 0 Å². The van der Waals surface area contributed by atoms with E-state index in [1.807, 2.05) is 0 Å². The normalized spacial score (nSPS) is 12.3. The van der Waals surface area contributed by atoms with Crippen molar-refractivity contribution in [3.63, 3.8) is 0 Å². The van der Waals surface area contributed by atoms with Crippen LogP contribution in [0.15, 0.2) is 40.2 Å². The Balaban J connectivity index is 2.73. The van der Waals surface area contributed by atoms with Crippen LogP contribution in [0.4, 0.5) is 10.5 Å². The number of thiol groups is 1. The molecule has 6 N–H and O–H groups in total. The molecule has 1 rings (SSSR count). The summed E-state index contributed by atoms with van der Waals surface area (Å²) in [4.78, 5) is 14.0. The number of benzene rings is 1. The van der Waals surface area contributed by atoms with Crippen molar-refractivity contribution >= 4 is 30.2 Å². The number of rotatable bonds is 4. The second-order valence-electron chi connectivity index (χ2n) is 3.32. The quantitative estimate of drug-likeness (QED) is 0.280. The molecule has 96 valence electrons. The predicted molar refractivity (Wildman–Crippen MR) is 74.6 cm³/mol. The zero-order valence-corrected chi connectivity index (χ0v) is 10.4. The molecule has 0 unspecified atom stereocenters. The molecular weight excluding hydrogens is 252 g/mol. The maximum absolute atomic E-state index is 10.6. The van der Waals surface area contributed by atoms with E-state index >= 15 is 0 Å². The molecule has 0 spiro atoms. The molecule has 0 saturated carbocycles. The number of aliphatic imine (C=N–C) groups is 1. The molecule has 2 amide bonds. The van der Waals surface area contributed by atoms with Gasteiger partial charge < -0.3 is 21.9 Å². The second kappa shape index (κ2) is 6.55. The monoisotopic (exact) mass is 266 g/mol. The average Bonchev–Trinajstić information content (AvgIpc) is 2.31. The number of ether oxygens (including phenoxy) is 1. The number of amides is 2. The molecule has 0 aromatic heterocycles. The molecule has 0 bridgehead atoms. The molecule has 0 saturated heterocycles. The van der Waals surface area contributed by atoms with Gasteiger partial charge in [-0.05, 0) is 17.5 Å². The summed E-state index contributed by atoms with van der Waals surface area (Å²) in [6, 6.07) is 6.13.